The van der Waals surface area contributed by atoms with Crippen molar-refractivity contribution >= 4 is 0 Å². The predicted octanol–water partition coefficient (Wildman–Crippen LogP) is 2.92. The van der Waals surface area contributed by atoms with E-state index in [9.17, 15) is 0 Å². The van der Waals surface area contributed by atoms with Gasteiger partial charge in [-0.25, -0.2) is 0 Å². The number of piperidine rings is 1. The van der Waals surface area contributed by atoms with Gasteiger partial charge in [0.15, 0.2) is 0 Å². The Balaban J connectivity index is 1.84. The summed E-state index contributed by atoms with van der Waals surface area (Å²) in [6, 6.07) is 0.733. The lowest BCUT2D eigenvalue weighted by Crippen LogP contribution is -2.53. The van der Waals surface area contributed by atoms with Crippen molar-refractivity contribution in [3.63, 3.8) is 0 Å². The van der Waals surface area contributed by atoms with Gasteiger partial charge in [-0.05, 0) is 37.6 Å². The molecule has 0 bridgehead atoms. The van der Waals surface area contributed by atoms with E-state index in [4.69, 9.17) is 4.74 Å². The fourth-order valence-electron chi connectivity index (χ4n) is 3.25. The lowest BCUT2D eigenvalue weighted by Gasteiger charge is -2.44. The second-order valence-electron chi connectivity index (χ2n) is 6.12. The molecule has 2 nitrogen and oxygen atoms in total. The maximum absolute atomic E-state index is 6.07. The second kappa shape index (κ2) is 5.50. The summed E-state index contributed by atoms with van der Waals surface area (Å²) < 4.78 is 6.07. The van der Waals surface area contributed by atoms with Gasteiger partial charge in [-0.2, -0.15) is 0 Å². The number of hydrogen-bond donors (Lipinski definition) is 0. The third-order valence-electron chi connectivity index (χ3n) is 4.14. The van der Waals surface area contributed by atoms with E-state index in [1.165, 1.54) is 38.8 Å². The molecule has 3 unspecified atom stereocenters. The van der Waals surface area contributed by atoms with E-state index in [2.05, 4.69) is 25.7 Å². The molecule has 0 radical (unpaired) electrons. The van der Waals surface area contributed by atoms with Crippen LogP contribution in [0.2, 0.25) is 0 Å². The monoisotopic (exact) mass is 225 g/mol. The van der Waals surface area contributed by atoms with Gasteiger partial charge in [-0.3, -0.25) is 4.90 Å². The molecule has 0 saturated carbocycles. The fraction of sp³-hybridized carbons (Fsp3) is 1.00. The molecular formula is C14H27NO. The number of nitrogens with zero attached hydrogens (tertiary/aromatic N) is 1. The third kappa shape index (κ3) is 2.98. The van der Waals surface area contributed by atoms with E-state index in [1.54, 1.807) is 0 Å². The van der Waals surface area contributed by atoms with Gasteiger partial charge in [0.05, 0.1) is 12.7 Å². The topological polar surface area (TPSA) is 12.5 Å². The number of rotatable bonds is 3. The van der Waals surface area contributed by atoms with Crippen molar-refractivity contribution in [1.29, 1.82) is 0 Å². The van der Waals surface area contributed by atoms with Gasteiger partial charge < -0.3 is 4.74 Å². The number of fused-ring (bicyclic) bond motifs is 1. The molecule has 94 valence electrons. The van der Waals surface area contributed by atoms with Crippen LogP contribution < -0.4 is 0 Å². The van der Waals surface area contributed by atoms with Crippen molar-refractivity contribution in [2.45, 2.75) is 58.6 Å². The summed E-state index contributed by atoms with van der Waals surface area (Å²) in [7, 11) is 0. The number of ether oxygens (including phenoxy) is 1. The Morgan fingerprint density at radius 1 is 1.25 bits per heavy atom. The second-order valence-corrected chi connectivity index (χ2v) is 6.12. The van der Waals surface area contributed by atoms with E-state index < -0.39 is 0 Å². The maximum atomic E-state index is 6.07. The lowest BCUT2D eigenvalue weighted by atomic mass is 9.91. The van der Waals surface area contributed by atoms with Gasteiger partial charge in [0, 0.05) is 12.6 Å². The van der Waals surface area contributed by atoms with Crippen LogP contribution in [0.4, 0.5) is 0 Å². The Hall–Kier alpha value is -0.0800. The van der Waals surface area contributed by atoms with Crippen LogP contribution in [-0.4, -0.2) is 36.7 Å². The molecule has 2 saturated heterocycles. The average molecular weight is 225 g/mol. The minimum atomic E-state index is 0.483. The van der Waals surface area contributed by atoms with Crippen molar-refractivity contribution in [2.24, 2.45) is 11.8 Å². The Bertz CT molecular complexity index is 217. The summed E-state index contributed by atoms with van der Waals surface area (Å²) in [4.78, 5) is 2.68. The molecule has 16 heavy (non-hydrogen) atoms. The molecule has 2 fully saturated rings. The van der Waals surface area contributed by atoms with Crippen LogP contribution in [0.15, 0.2) is 0 Å². The molecule has 0 aromatic carbocycles. The fourth-order valence-corrected chi connectivity index (χ4v) is 3.25. The molecule has 2 rings (SSSR count). The van der Waals surface area contributed by atoms with Gasteiger partial charge in [-0.15, -0.1) is 0 Å². The molecule has 0 spiro atoms. The number of hydrogen-bond acceptors (Lipinski definition) is 2. The van der Waals surface area contributed by atoms with Crippen molar-refractivity contribution < 1.29 is 4.74 Å². The summed E-state index contributed by atoms with van der Waals surface area (Å²) in [6.45, 7) is 10.4. The molecule has 2 heteroatoms. The minimum absolute atomic E-state index is 0.483. The highest BCUT2D eigenvalue weighted by Crippen LogP contribution is 2.27. The van der Waals surface area contributed by atoms with Crippen molar-refractivity contribution in [2.75, 3.05) is 19.7 Å². The normalized spacial score (nSPS) is 33.8. The molecular weight excluding hydrogens is 198 g/mol. The maximum Gasteiger partial charge on any atom is 0.0728 e. The summed E-state index contributed by atoms with van der Waals surface area (Å²) >= 11 is 0. The smallest absolute Gasteiger partial charge is 0.0728 e. The van der Waals surface area contributed by atoms with Gasteiger partial charge in [0.1, 0.15) is 0 Å². The number of morpholine rings is 1. The summed E-state index contributed by atoms with van der Waals surface area (Å²) in [6.07, 6.45) is 5.92. The minimum Gasteiger partial charge on any atom is -0.375 e. The first-order chi connectivity index (χ1) is 7.66. The first kappa shape index (κ1) is 12.4. The van der Waals surface area contributed by atoms with Crippen molar-refractivity contribution in [3.8, 4) is 0 Å². The summed E-state index contributed by atoms with van der Waals surface area (Å²) in [5.74, 6) is 1.50. The van der Waals surface area contributed by atoms with E-state index in [-0.39, 0.29) is 0 Å². The van der Waals surface area contributed by atoms with Crippen LogP contribution in [-0.2, 0) is 4.74 Å². The molecule has 0 aliphatic carbocycles. The molecule has 2 heterocycles. The Morgan fingerprint density at radius 3 is 2.81 bits per heavy atom. The van der Waals surface area contributed by atoms with Crippen LogP contribution in [0.1, 0.15) is 46.5 Å². The van der Waals surface area contributed by atoms with Gasteiger partial charge in [-0.1, -0.05) is 27.2 Å². The van der Waals surface area contributed by atoms with E-state index in [0.717, 1.165) is 18.6 Å². The van der Waals surface area contributed by atoms with Gasteiger partial charge >= 0.3 is 0 Å². The highest BCUT2D eigenvalue weighted by atomic mass is 16.5. The Labute approximate surface area is 100 Å². The van der Waals surface area contributed by atoms with Crippen LogP contribution in [0.3, 0.4) is 0 Å². The van der Waals surface area contributed by atoms with Crippen LogP contribution in [0.25, 0.3) is 0 Å². The summed E-state index contributed by atoms with van der Waals surface area (Å²) in [5, 5.41) is 0. The van der Waals surface area contributed by atoms with Gasteiger partial charge in [0.2, 0.25) is 0 Å². The third-order valence-corrected chi connectivity index (χ3v) is 4.14. The quantitative estimate of drug-likeness (QED) is 0.732. The molecule has 0 aromatic heterocycles. The zero-order valence-corrected chi connectivity index (χ0v) is 11.1. The predicted molar refractivity (Wildman–Crippen MR) is 67.6 cm³/mol. The molecule has 0 amide bonds. The first-order valence-electron chi connectivity index (χ1n) is 7.02. The standard InChI is InChI=1S/C14H27NO/c1-11(2)8-12(3)14-9-15-7-5-4-6-13(15)10-16-14/h11-14H,4-10H2,1-3H3. The molecule has 0 aromatic rings. The summed E-state index contributed by atoms with van der Waals surface area (Å²) in [5.41, 5.74) is 0. The highest BCUT2D eigenvalue weighted by molar-refractivity contribution is 4.85. The lowest BCUT2D eigenvalue weighted by molar-refractivity contribution is -0.0967. The van der Waals surface area contributed by atoms with Gasteiger partial charge in [0.25, 0.3) is 0 Å². The first-order valence-corrected chi connectivity index (χ1v) is 7.02. The average Bonchev–Trinajstić information content (AvgIpc) is 2.27. The van der Waals surface area contributed by atoms with Crippen molar-refractivity contribution in [3.05, 3.63) is 0 Å². The van der Waals surface area contributed by atoms with Crippen LogP contribution >= 0.6 is 0 Å². The Morgan fingerprint density at radius 2 is 2.06 bits per heavy atom. The zero-order chi connectivity index (χ0) is 11.5. The zero-order valence-electron chi connectivity index (χ0n) is 11.1. The SMILES string of the molecule is CC(C)CC(C)C1CN2CCCCC2CO1. The van der Waals surface area contributed by atoms with E-state index in [1.807, 2.05) is 0 Å². The van der Waals surface area contributed by atoms with E-state index >= 15 is 0 Å². The Kier molecular flexibility index (Phi) is 4.26. The molecule has 2 aliphatic rings. The van der Waals surface area contributed by atoms with Crippen molar-refractivity contribution in [1.82, 2.24) is 4.90 Å². The van der Waals surface area contributed by atoms with Crippen LogP contribution in [0, 0.1) is 11.8 Å². The molecule has 3 atom stereocenters. The largest absolute Gasteiger partial charge is 0.375 e. The molecule has 0 N–H and O–H groups in total. The van der Waals surface area contributed by atoms with Crippen LogP contribution in [0.5, 0.6) is 0 Å². The highest BCUT2D eigenvalue weighted by Gasteiger charge is 2.32. The van der Waals surface area contributed by atoms with E-state index in [0.29, 0.717) is 12.0 Å². The molecule has 2 aliphatic heterocycles.